The van der Waals surface area contributed by atoms with Crippen LogP contribution >= 0.6 is 0 Å². The lowest BCUT2D eigenvalue weighted by atomic mass is 9.60. The van der Waals surface area contributed by atoms with E-state index in [1.54, 1.807) is 0 Å². The molecule has 84 valence electrons. The summed E-state index contributed by atoms with van der Waals surface area (Å²) in [4.78, 5) is 0. The van der Waals surface area contributed by atoms with E-state index in [0.717, 1.165) is 30.1 Å². The highest BCUT2D eigenvalue weighted by atomic mass is 16.3. The lowest BCUT2D eigenvalue weighted by molar-refractivity contribution is -0.0247. The minimum atomic E-state index is -0.0202. The van der Waals surface area contributed by atoms with Gasteiger partial charge in [-0.1, -0.05) is 19.1 Å². The van der Waals surface area contributed by atoms with Crippen LogP contribution in [0.2, 0.25) is 0 Å². The quantitative estimate of drug-likeness (QED) is 0.604. The second-order valence-corrected chi connectivity index (χ2v) is 5.99. The van der Waals surface area contributed by atoms with Crippen molar-refractivity contribution in [2.45, 2.75) is 45.1 Å². The van der Waals surface area contributed by atoms with E-state index in [1.165, 1.54) is 25.7 Å². The van der Waals surface area contributed by atoms with E-state index in [0.29, 0.717) is 5.92 Å². The molecular weight excluding hydrogens is 184 g/mol. The molecule has 6 unspecified atom stereocenters. The van der Waals surface area contributed by atoms with E-state index in [4.69, 9.17) is 0 Å². The fraction of sp³-hybridized carbons (Fsp3) is 0.857. The predicted octanol–water partition coefficient (Wildman–Crippen LogP) is 3.00. The summed E-state index contributed by atoms with van der Waals surface area (Å²) >= 11 is 0. The van der Waals surface area contributed by atoms with Gasteiger partial charge < -0.3 is 5.11 Å². The molecule has 1 N–H and O–H groups in total. The number of hydrogen-bond acceptors (Lipinski definition) is 1. The first-order valence-corrected chi connectivity index (χ1v) is 6.60. The van der Waals surface area contributed by atoms with Gasteiger partial charge in [0.1, 0.15) is 0 Å². The molecule has 0 aliphatic heterocycles. The van der Waals surface area contributed by atoms with Gasteiger partial charge in [0.05, 0.1) is 6.10 Å². The van der Waals surface area contributed by atoms with Gasteiger partial charge in [-0.25, -0.2) is 0 Å². The number of rotatable bonds is 0. The van der Waals surface area contributed by atoms with Gasteiger partial charge >= 0.3 is 0 Å². The number of aliphatic hydroxyl groups excluding tert-OH is 1. The Morgan fingerprint density at radius 2 is 2.00 bits per heavy atom. The summed E-state index contributed by atoms with van der Waals surface area (Å²) in [6.45, 7) is 2.26. The molecule has 6 atom stereocenters. The van der Waals surface area contributed by atoms with E-state index in [-0.39, 0.29) is 6.10 Å². The molecule has 1 heteroatoms. The van der Waals surface area contributed by atoms with Gasteiger partial charge in [0, 0.05) is 0 Å². The summed E-state index contributed by atoms with van der Waals surface area (Å²) < 4.78 is 0. The van der Waals surface area contributed by atoms with Gasteiger partial charge in [-0.2, -0.15) is 0 Å². The molecule has 1 nitrogen and oxygen atoms in total. The summed E-state index contributed by atoms with van der Waals surface area (Å²) in [6.07, 6.45) is 11.2. The van der Waals surface area contributed by atoms with Gasteiger partial charge in [-0.3, -0.25) is 0 Å². The average Bonchev–Trinajstić information content (AvgIpc) is 2.68. The van der Waals surface area contributed by atoms with Crippen LogP contribution in [0.4, 0.5) is 0 Å². The molecule has 0 amide bonds. The monoisotopic (exact) mass is 206 g/mol. The lowest BCUT2D eigenvalue weighted by Crippen LogP contribution is -2.41. The Morgan fingerprint density at radius 1 is 1.13 bits per heavy atom. The molecule has 3 aliphatic carbocycles. The molecule has 15 heavy (non-hydrogen) atoms. The third-order valence-electron chi connectivity index (χ3n) is 5.30. The first kappa shape index (κ1) is 9.89. The fourth-order valence-electron chi connectivity index (χ4n) is 4.28. The van der Waals surface area contributed by atoms with E-state index >= 15 is 0 Å². The highest BCUT2D eigenvalue weighted by Gasteiger charge is 2.43. The van der Waals surface area contributed by atoms with Crippen molar-refractivity contribution in [1.82, 2.24) is 0 Å². The summed E-state index contributed by atoms with van der Waals surface area (Å²) in [6, 6.07) is 0. The molecular formula is C14H22O. The second kappa shape index (κ2) is 3.62. The molecule has 0 bridgehead atoms. The Bertz CT molecular complexity index is 271. The zero-order valence-corrected chi connectivity index (χ0v) is 9.60. The van der Waals surface area contributed by atoms with Crippen molar-refractivity contribution in [3.05, 3.63) is 12.2 Å². The Kier molecular flexibility index (Phi) is 2.39. The standard InChI is InChI=1S/C14H22O/c1-9-13-8-11-4-2-3-10(11)7-12(13)5-6-14(9)15/h2,4,9-15H,3,5-8H2,1H3. The van der Waals surface area contributed by atoms with Crippen molar-refractivity contribution in [2.75, 3.05) is 0 Å². The largest absolute Gasteiger partial charge is 0.393 e. The van der Waals surface area contributed by atoms with Gasteiger partial charge in [-0.15, -0.1) is 0 Å². The molecule has 2 fully saturated rings. The van der Waals surface area contributed by atoms with E-state index in [2.05, 4.69) is 19.1 Å². The van der Waals surface area contributed by atoms with Crippen LogP contribution in [0.1, 0.15) is 39.0 Å². The van der Waals surface area contributed by atoms with Crippen molar-refractivity contribution in [1.29, 1.82) is 0 Å². The van der Waals surface area contributed by atoms with Gasteiger partial charge in [-0.05, 0) is 61.7 Å². The zero-order valence-electron chi connectivity index (χ0n) is 9.60. The van der Waals surface area contributed by atoms with Crippen LogP contribution in [0.25, 0.3) is 0 Å². The predicted molar refractivity (Wildman–Crippen MR) is 61.4 cm³/mol. The Labute approximate surface area is 92.6 Å². The van der Waals surface area contributed by atoms with Crippen LogP contribution in [-0.2, 0) is 0 Å². The van der Waals surface area contributed by atoms with Crippen LogP contribution in [0.15, 0.2) is 12.2 Å². The Balaban J connectivity index is 1.77. The van der Waals surface area contributed by atoms with Crippen LogP contribution < -0.4 is 0 Å². The van der Waals surface area contributed by atoms with Crippen molar-refractivity contribution in [3.8, 4) is 0 Å². The van der Waals surface area contributed by atoms with Crippen LogP contribution in [0.5, 0.6) is 0 Å². The molecule has 3 aliphatic rings. The lowest BCUT2D eigenvalue weighted by Gasteiger charge is -2.46. The van der Waals surface area contributed by atoms with Gasteiger partial charge in [0.2, 0.25) is 0 Å². The minimum Gasteiger partial charge on any atom is -0.393 e. The number of allylic oxidation sites excluding steroid dienone is 2. The van der Waals surface area contributed by atoms with E-state index in [9.17, 15) is 5.11 Å². The molecule has 0 aromatic carbocycles. The van der Waals surface area contributed by atoms with Crippen LogP contribution in [0.3, 0.4) is 0 Å². The molecule has 0 heterocycles. The first-order valence-electron chi connectivity index (χ1n) is 6.60. The summed E-state index contributed by atoms with van der Waals surface area (Å²) in [5.74, 6) is 4.06. The third kappa shape index (κ3) is 1.56. The fourth-order valence-corrected chi connectivity index (χ4v) is 4.28. The normalized spacial score (nSPS) is 53.7. The van der Waals surface area contributed by atoms with Crippen LogP contribution in [-0.4, -0.2) is 11.2 Å². The molecule has 2 saturated carbocycles. The maximum absolute atomic E-state index is 9.94. The van der Waals surface area contributed by atoms with Crippen LogP contribution in [0, 0.1) is 29.6 Å². The number of fused-ring (bicyclic) bond motifs is 2. The first-order chi connectivity index (χ1) is 7.25. The number of aliphatic hydroxyl groups is 1. The Hall–Kier alpha value is -0.300. The Morgan fingerprint density at radius 3 is 2.87 bits per heavy atom. The molecule has 0 saturated heterocycles. The van der Waals surface area contributed by atoms with Gasteiger partial charge in [0.15, 0.2) is 0 Å². The number of hydrogen-bond donors (Lipinski definition) is 1. The SMILES string of the molecule is CC1C(O)CCC2CC3CC=CC3CC21. The second-order valence-electron chi connectivity index (χ2n) is 5.99. The smallest absolute Gasteiger partial charge is 0.0568 e. The van der Waals surface area contributed by atoms with Gasteiger partial charge in [0.25, 0.3) is 0 Å². The summed E-state index contributed by atoms with van der Waals surface area (Å²) in [5, 5.41) is 9.94. The zero-order chi connectivity index (χ0) is 10.4. The molecule has 0 aromatic heterocycles. The highest BCUT2D eigenvalue weighted by molar-refractivity contribution is 5.06. The van der Waals surface area contributed by atoms with E-state index in [1.807, 2.05) is 0 Å². The van der Waals surface area contributed by atoms with Crippen molar-refractivity contribution >= 4 is 0 Å². The maximum Gasteiger partial charge on any atom is 0.0568 e. The molecule has 0 radical (unpaired) electrons. The maximum atomic E-state index is 9.94. The summed E-state index contributed by atoms with van der Waals surface area (Å²) in [7, 11) is 0. The average molecular weight is 206 g/mol. The summed E-state index contributed by atoms with van der Waals surface area (Å²) in [5.41, 5.74) is 0. The van der Waals surface area contributed by atoms with Crippen molar-refractivity contribution in [3.63, 3.8) is 0 Å². The molecule has 0 spiro atoms. The van der Waals surface area contributed by atoms with Crippen molar-refractivity contribution in [2.24, 2.45) is 29.6 Å². The minimum absolute atomic E-state index is 0.0202. The molecule has 0 aromatic rings. The third-order valence-corrected chi connectivity index (χ3v) is 5.30. The highest BCUT2D eigenvalue weighted by Crippen LogP contribution is 2.50. The van der Waals surface area contributed by atoms with Crippen molar-refractivity contribution < 1.29 is 5.11 Å². The topological polar surface area (TPSA) is 20.2 Å². The molecule has 3 rings (SSSR count). The van der Waals surface area contributed by atoms with E-state index < -0.39 is 0 Å².